The number of sulfone groups is 1. The molecular formula is C24H31N3O4S. The first-order valence-electron chi connectivity index (χ1n) is 10.5. The quantitative estimate of drug-likeness (QED) is 0.253. The van der Waals surface area contributed by atoms with Crippen LogP contribution in [-0.4, -0.2) is 40.3 Å². The minimum absolute atomic E-state index is 0.118. The molecule has 8 heteroatoms. The molecule has 0 bridgehead atoms. The number of rotatable bonds is 11. The lowest BCUT2D eigenvalue weighted by atomic mass is 10.2. The highest BCUT2D eigenvalue weighted by atomic mass is 32.2. The number of anilines is 1. The Labute approximate surface area is 190 Å². The first kappa shape index (κ1) is 25.3. The van der Waals surface area contributed by atoms with Gasteiger partial charge in [0.05, 0.1) is 28.6 Å². The highest BCUT2D eigenvalue weighted by Crippen LogP contribution is 2.24. The van der Waals surface area contributed by atoms with Gasteiger partial charge in [-0.05, 0) is 61.4 Å². The summed E-state index contributed by atoms with van der Waals surface area (Å²) in [6.45, 7) is 9.90. The van der Waals surface area contributed by atoms with Gasteiger partial charge in [0, 0.05) is 18.3 Å². The van der Waals surface area contributed by atoms with E-state index in [-0.39, 0.29) is 18.3 Å². The molecule has 0 N–H and O–H groups in total. The van der Waals surface area contributed by atoms with Gasteiger partial charge >= 0.3 is 5.97 Å². The summed E-state index contributed by atoms with van der Waals surface area (Å²) in [7, 11) is -1.39. The standard InChI is InChI=1S/C24H31N3O4S/c1-6-19(4)17-32(29,30)23-13-9-21(10-14-23)26-25-20-7-11-22(12-8-20)27(5)15-16-31-24(28)18(2)3/h7-14,19H,2,6,15-17H2,1,3-5H3. The van der Waals surface area contributed by atoms with Crippen molar-refractivity contribution in [3.63, 3.8) is 0 Å². The molecule has 2 aromatic carbocycles. The van der Waals surface area contributed by atoms with Crippen LogP contribution in [0.5, 0.6) is 0 Å². The minimum Gasteiger partial charge on any atom is -0.460 e. The predicted molar refractivity (Wildman–Crippen MR) is 128 cm³/mol. The van der Waals surface area contributed by atoms with Gasteiger partial charge in [-0.15, -0.1) is 0 Å². The van der Waals surface area contributed by atoms with Gasteiger partial charge in [-0.2, -0.15) is 10.2 Å². The summed E-state index contributed by atoms with van der Waals surface area (Å²) >= 11 is 0. The summed E-state index contributed by atoms with van der Waals surface area (Å²) in [6, 6.07) is 13.9. The summed E-state index contributed by atoms with van der Waals surface area (Å²) in [5, 5.41) is 8.40. The molecule has 2 rings (SSSR count). The minimum atomic E-state index is -3.29. The molecule has 0 saturated heterocycles. The van der Waals surface area contributed by atoms with Crippen LogP contribution in [-0.2, 0) is 19.4 Å². The van der Waals surface area contributed by atoms with Gasteiger partial charge < -0.3 is 9.64 Å². The Bertz CT molecular complexity index is 1050. The maximum Gasteiger partial charge on any atom is 0.333 e. The summed E-state index contributed by atoms with van der Waals surface area (Å²) in [5.74, 6) is -0.135. The van der Waals surface area contributed by atoms with E-state index in [2.05, 4.69) is 16.8 Å². The molecule has 0 aliphatic rings. The molecule has 0 amide bonds. The molecule has 7 nitrogen and oxygen atoms in total. The summed E-state index contributed by atoms with van der Waals surface area (Å²) < 4.78 is 30.0. The number of esters is 1. The van der Waals surface area contributed by atoms with Gasteiger partial charge in [-0.25, -0.2) is 13.2 Å². The van der Waals surface area contributed by atoms with E-state index in [4.69, 9.17) is 4.74 Å². The van der Waals surface area contributed by atoms with E-state index >= 15 is 0 Å². The second kappa shape index (κ2) is 11.6. The zero-order valence-electron chi connectivity index (χ0n) is 19.1. The largest absolute Gasteiger partial charge is 0.460 e. The van der Waals surface area contributed by atoms with Crippen LogP contribution in [0.2, 0.25) is 0 Å². The number of carbonyl (C=O) groups is 1. The van der Waals surface area contributed by atoms with Crippen LogP contribution in [0.25, 0.3) is 0 Å². The summed E-state index contributed by atoms with van der Waals surface area (Å²) in [6.07, 6.45) is 0.822. The van der Waals surface area contributed by atoms with E-state index < -0.39 is 15.8 Å². The average molecular weight is 458 g/mol. The van der Waals surface area contributed by atoms with Crippen molar-refractivity contribution >= 4 is 32.9 Å². The van der Waals surface area contributed by atoms with E-state index in [0.29, 0.717) is 28.4 Å². The van der Waals surface area contributed by atoms with Crippen molar-refractivity contribution in [2.45, 2.75) is 32.1 Å². The first-order chi connectivity index (χ1) is 15.1. The number of nitrogens with zero attached hydrogens (tertiary/aromatic N) is 3. The molecule has 0 radical (unpaired) electrons. The summed E-state index contributed by atoms with van der Waals surface area (Å²) in [4.78, 5) is 13.7. The number of likely N-dealkylation sites (N-methyl/N-ethyl adjacent to an activating group) is 1. The highest BCUT2D eigenvalue weighted by Gasteiger charge is 2.17. The number of hydrogen-bond donors (Lipinski definition) is 0. The van der Waals surface area contributed by atoms with Crippen LogP contribution in [0, 0.1) is 5.92 Å². The van der Waals surface area contributed by atoms with Gasteiger partial charge in [0.1, 0.15) is 6.61 Å². The molecule has 1 unspecified atom stereocenters. The maximum absolute atomic E-state index is 12.4. The van der Waals surface area contributed by atoms with Crippen molar-refractivity contribution in [2.75, 3.05) is 30.9 Å². The number of carbonyl (C=O) groups excluding carboxylic acids is 1. The molecule has 0 fully saturated rings. The van der Waals surface area contributed by atoms with E-state index in [1.165, 1.54) is 0 Å². The maximum atomic E-state index is 12.4. The van der Waals surface area contributed by atoms with Crippen LogP contribution in [0.15, 0.2) is 75.8 Å². The van der Waals surface area contributed by atoms with Crippen molar-refractivity contribution < 1.29 is 17.9 Å². The Morgan fingerprint density at radius 2 is 1.59 bits per heavy atom. The van der Waals surface area contributed by atoms with Gasteiger partial charge in [-0.1, -0.05) is 26.8 Å². The molecule has 2 aromatic rings. The lowest BCUT2D eigenvalue weighted by molar-refractivity contribution is -0.138. The fraction of sp³-hybridized carbons (Fsp3) is 0.375. The van der Waals surface area contributed by atoms with Crippen molar-refractivity contribution in [1.82, 2.24) is 0 Å². The lowest BCUT2D eigenvalue weighted by Crippen LogP contribution is -2.23. The SMILES string of the molecule is C=C(C)C(=O)OCCN(C)c1ccc(N=Nc2ccc(S(=O)(=O)CC(C)CC)cc2)cc1. The van der Waals surface area contributed by atoms with Gasteiger partial charge in [0.15, 0.2) is 9.84 Å². The fourth-order valence-corrected chi connectivity index (χ4v) is 4.45. The van der Waals surface area contributed by atoms with Crippen molar-refractivity contribution in [2.24, 2.45) is 16.1 Å². The van der Waals surface area contributed by atoms with Crippen LogP contribution < -0.4 is 4.90 Å². The Kier molecular flexibility index (Phi) is 9.13. The molecule has 0 spiro atoms. The van der Waals surface area contributed by atoms with Crippen molar-refractivity contribution in [3.8, 4) is 0 Å². The van der Waals surface area contributed by atoms with Crippen LogP contribution in [0.1, 0.15) is 27.2 Å². The molecule has 1 atom stereocenters. The molecule has 0 aliphatic heterocycles. The number of azo groups is 1. The smallest absolute Gasteiger partial charge is 0.333 e. The second-order valence-corrected chi connectivity index (χ2v) is 9.88. The van der Waals surface area contributed by atoms with Crippen LogP contribution in [0.4, 0.5) is 17.1 Å². The fourth-order valence-electron chi connectivity index (χ4n) is 2.73. The molecular weight excluding hydrogens is 426 g/mol. The molecule has 0 aliphatic carbocycles. The predicted octanol–water partition coefficient (Wildman–Crippen LogP) is 5.48. The normalized spacial score (nSPS) is 12.5. The van der Waals surface area contributed by atoms with Crippen LogP contribution in [0.3, 0.4) is 0 Å². The van der Waals surface area contributed by atoms with E-state index in [9.17, 15) is 13.2 Å². The lowest BCUT2D eigenvalue weighted by Gasteiger charge is -2.19. The van der Waals surface area contributed by atoms with E-state index in [1.807, 2.05) is 50.1 Å². The van der Waals surface area contributed by atoms with Gasteiger partial charge in [-0.3, -0.25) is 0 Å². The third kappa shape index (κ3) is 7.60. The monoisotopic (exact) mass is 457 g/mol. The molecule has 32 heavy (non-hydrogen) atoms. The van der Waals surface area contributed by atoms with Gasteiger partial charge in [0.2, 0.25) is 0 Å². The average Bonchev–Trinajstić information content (AvgIpc) is 2.77. The van der Waals surface area contributed by atoms with E-state index in [0.717, 1.165) is 12.1 Å². The van der Waals surface area contributed by atoms with Gasteiger partial charge in [0.25, 0.3) is 0 Å². The Hall–Kier alpha value is -3.00. The number of hydrogen-bond acceptors (Lipinski definition) is 7. The highest BCUT2D eigenvalue weighted by molar-refractivity contribution is 7.91. The van der Waals surface area contributed by atoms with Crippen LogP contribution >= 0.6 is 0 Å². The molecule has 0 aromatic heterocycles. The molecule has 0 heterocycles. The first-order valence-corrected chi connectivity index (χ1v) is 12.2. The number of ether oxygens (including phenoxy) is 1. The Balaban J connectivity index is 1.95. The van der Waals surface area contributed by atoms with Crippen molar-refractivity contribution in [3.05, 3.63) is 60.7 Å². The van der Waals surface area contributed by atoms with Crippen molar-refractivity contribution in [1.29, 1.82) is 0 Å². The zero-order chi connectivity index (χ0) is 23.7. The third-order valence-corrected chi connectivity index (χ3v) is 6.97. The zero-order valence-corrected chi connectivity index (χ0v) is 19.9. The third-order valence-electron chi connectivity index (χ3n) is 4.98. The number of benzene rings is 2. The second-order valence-electron chi connectivity index (χ2n) is 7.84. The molecule has 0 saturated carbocycles. The Morgan fingerprint density at radius 3 is 2.09 bits per heavy atom. The Morgan fingerprint density at radius 1 is 1.06 bits per heavy atom. The summed E-state index contributed by atoms with van der Waals surface area (Å²) in [5.41, 5.74) is 2.58. The topological polar surface area (TPSA) is 88.4 Å². The van der Waals surface area contributed by atoms with E-state index in [1.54, 1.807) is 31.2 Å². The molecule has 172 valence electrons.